The Hall–Kier alpha value is -2.04. The minimum Gasteiger partial charge on any atom is -0.352 e. The first-order valence-corrected chi connectivity index (χ1v) is 8.91. The van der Waals surface area contributed by atoms with Gasteiger partial charge in [-0.3, -0.25) is 4.79 Å². The Labute approximate surface area is 145 Å². The first-order chi connectivity index (χ1) is 11.5. The van der Waals surface area contributed by atoms with Crippen LogP contribution in [-0.4, -0.2) is 54.0 Å². The monoisotopic (exact) mass is 331 g/mol. The highest BCUT2D eigenvalue weighted by Gasteiger charge is 2.27. The third kappa shape index (κ3) is 4.73. The Bertz CT molecular complexity index is 545. The molecule has 0 unspecified atom stereocenters. The van der Waals surface area contributed by atoms with Crippen molar-refractivity contribution in [2.75, 3.05) is 26.2 Å². The van der Waals surface area contributed by atoms with Crippen molar-refractivity contribution in [3.8, 4) is 0 Å². The van der Waals surface area contributed by atoms with Gasteiger partial charge in [-0.1, -0.05) is 18.2 Å². The number of hydrogen-bond acceptors (Lipinski definition) is 2. The molecule has 2 rings (SSSR count). The van der Waals surface area contributed by atoms with Crippen LogP contribution in [0.1, 0.15) is 44.0 Å². The quantitative estimate of drug-likeness (QED) is 0.902. The molecular weight excluding hydrogens is 302 g/mol. The van der Waals surface area contributed by atoms with E-state index in [0.29, 0.717) is 18.0 Å². The summed E-state index contributed by atoms with van der Waals surface area (Å²) in [6.07, 6.45) is 2.04. The zero-order chi connectivity index (χ0) is 17.5. The summed E-state index contributed by atoms with van der Waals surface area (Å²) in [6.45, 7) is 8.97. The number of carbonyl (C=O) groups excluding carboxylic acids is 2. The lowest BCUT2D eigenvalue weighted by Gasteiger charge is -2.37. The molecule has 1 aliphatic heterocycles. The maximum absolute atomic E-state index is 12.6. The summed E-state index contributed by atoms with van der Waals surface area (Å²) in [4.78, 5) is 28.6. The van der Waals surface area contributed by atoms with Gasteiger partial charge in [0.1, 0.15) is 0 Å². The summed E-state index contributed by atoms with van der Waals surface area (Å²) >= 11 is 0. The van der Waals surface area contributed by atoms with E-state index in [-0.39, 0.29) is 18.0 Å². The maximum atomic E-state index is 12.6. The highest BCUT2D eigenvalue weighted by atomic mass is 16.2. The predicted octanol–water partition coefficient (Wildman–Crippen LogP) is 2.98. The van der Waals surface area contributed by atoms with Crippen molar-refractivity contribution in [1.29, 1.82) is 0 Å². The fraction of sp³-hybridized carbons (Fsp3) is 0.579. The minimum atomic E-state index is -0.0450. The van der Waals surface area contributed by atoms with Crippen LogP contribution >= 0.6 is 0 Å². The van der Waals surface area contributed by atoms with Gasteiger partial charge in [0, 0.05) is 37.8 Å². The minimum absolute atomic E-state index is 0.0450. The van der Waals surface area contributed by atoms with E-state index in [0.717, 1.165) is 32.5 Å². The Balaban J connectivity index is 1.87. The maximum Gasteiger partial charge on any atom is 0.320 e. The number of piperidine rings is 1. The van der Waals surface area contributed by atoms with Crippen LogP contribution in [0.2, 0.25) is 0 Å². The van der Waals surface area contributed by atoms with Gasteiger partial charge in [-0.05, 0) is 51.7 Å². The van der Waals surface area contributed by atoms with Crippen LogP contribution < -0.4 is 5.32 Å². The highest BCUT2D eigenvalue weighted by Crippen LogP contribution is 2.18. The number of likely N-dealkylation sites (tertiary alicyclic amines) is 1. The number of nitrogens with zero attached hydrogens (tertiary/aromatic N) is 2. The van der Waals surface area contributed by atoms with Gasteiger partial charge in [0.2, 0.25) is 0 Å². The number of nitrogens with one attached hydrogen (secondary N) is 1. The summed E-state index contributed by atoms with van der Waals surface area (Å²) in [5.41, 5.74) is 0.679. The molecule has 0 radical (unpaired) electrons. The van der Waals surface area contributed by atoms with Crippen LogP contribution in [0, 0.1) is 5.92 Å². The zero-order valence-electron chi connectivity index (χ0n) is 15.0. The first kappa shape index (κ1) is 18.3. The molecule has 1 fully saturated rings. The number of carbonyl (C=O) groups is 2. The summed E-state index contributed by atoms with van der Waals surface area (Å²) in [5.74, 6) is 0.276. The average Bonchev–Trinajstić information content (AvgIpc) is 2.61. The van der Waals surface area contributed by atoms with E-state index >= 15 is 0 Å². The third-order valence-electron chi connectivity index (χ3n) is 4.59. The third-order valence-corrected chi connectivity index (χ3v) is 4.59. The van der Waals surface area contributed by atoms with E-state index in [9.17, 15) is 9.59 Å². The molecule has 0 aromatic heterocycles. The SMILES string of the molecule is CCN(C(=O)N1CCC[C@@H](CNC(=O)c2ccccc2)C1)C(C)C. The molecule has 1 aromatic rings. The van der Waals surface area contributed by atoms with E-state index in [2.05, 4.69) is 5.32 Å². The smallest absolute Gasteiger partial charge is 0.320 e. The van der Waals surface area contributed by atoms with E-state index in [1.54, 1.807) is 0 Å². The Morgan fingerprint density at radius 2 is 2.00 bits per heavy atom. The lowest BCUT2D eigenvalue weighted by Crippen LogP contribution is -2.51. The molecule has 1 N–H and O–H groups in total. The summed E-state index contributed by atoms with van der Waals surface area (Å²) < 4.78 is 0. The van der Waals surface area contributed by atoms with Crippen molar-refractivity contribution in [2.24, 2.45) is 5.92 Å². The lowest BCUT2D eigenvalue weighted by molar-refractivity contribution is 0.0929. The molecule has 0 saturated carbocycles. The van der Waals surface area contributed by atoms with E-state index in [1.807, 2.05) is 60.9 Å². The Morgan fingerprint density at radius 1 is 1.29 bits per heavy atom. The van der Waals surface area contributed by atoms with E-state index in [1.165, 1.54) is 0 Å². The molecule has 1 aromatic carbocycles. The lowest BCUT2D eigenvalue weighted by atomic mass is 9.98. The number of rotatable bonds is 5. The largest absolute Gasteiger partial charge is 0.352 e. The van der Waals surface area contributed by atoms with Crippen LogP contribution in [-0.2, 0) is 0 Å². The van der Waals surface area contributed by atoms with Gasteiger partial charge in [0.15, 0.2) is 0 Å². The second kappa shape index (κ2) is 8.71. The summed E-state index contributed by atoms with van der Waals surface area (Å²) in [5, 5.41) is 3.00. The van der Waals surface area contributed by atoms with Gasteiger partial charge in [-0.25, -0.2) is 4.79 Å². The van der Waals surface area contributed by atoms with Gasteiger partial charge < -0.3 is 15.1 Å². The fourth-order valence-corrected chi connectivity index (χ4v) is 3.24. The van der Waals surface area contributed by atoms with Crippen molar-refractivity contribution in [3.05, 3.63) is 35.9 Å². The Kier molecular flexibility index (Phi) is 6.64. The Morgan fingerprint density at radius 3 is 2.62 bits per heavy atom. The number of amides is 3. The van der Waals surface area contributed by atoms with Crippen molar-refractivity contribution in [3.63, 3.8) is 0 Å². The second-order valence-electron chi connectivity index (χ2n) is 6.69. The van der Waals surface area contributed by atoms with Gasteiger partial charge in [0.05, 0.1) is 0 Å². The van der Waals surface area contributed by atoms with Crippen LogP contribution in [0.4, 0.5) is 4.79 Å². The summed E-state index contributed by atoms with van der Waals surface area (Å²) in [7, 11) is 0. The second-order valence-corrected chi connectivity index (χ2v) is 6.69. The average molecular weight is 331 g/mol. The van der Waals surface area contributed by atoms with Crippen LogP contribution in [0.5, 0.6) is 0 Å². The van der Waals surface area contributed by atoms with Gasteiger partial charge >= 0.3 is 6.03 Å². The number of benzene rings is 1. The predicted molar refractivity (Wildman–Crippen MR) is 96.0 cm³/mol. The molecular formula is C19H29N3O2. The zero-order valence-corrected chi connectivity index (χ0v) is 15.0. The normalized spacial score (nSPS) is 17.7. The van der Waals surface area contributed by atoms with E-state index < -0.39 is 0 Å². The molecule has 5 nitrogen and oxygen atoms in total. The molecule has 1 heterocycles. The number of urea groups is 1. The molecule has 5 heteroatoms. The molecule has 1 saturated heterocycles. The van der Waals surface area contributed by atoms with Gasteiger partial charge in [0.25, 0.3) is 5.91 Å². The standard InChI is InChI=1S/C19H29N3O2/c1-4-22(15(2)3)19(24)21-12-8-9-16(14-21)13-20-18(23)17-10-6-5-7-11-17/h5-7,10-11,15-16H,4,8-9,12-14H2,1-3H3,(H,20,23)/t16-/m0/s1. The molecule has 0 spiro atoms. The van der Waals surface area contributed by atoms with Crippen molar-refractivity contribution in [2.45, 2.75) is 39.7 Å². The van der Waals surface area contributed by atoms with Gasteiger partial charge in [-0.2, -0.15) is 0 Å². The molecule has 1 atom stereocenters. The molecule has 24 heavy (non-hydrogen) atoms. The molecule has 1 aliphatic rings. The molecule has 132 valence electrons. The molecule has 3 amide bonds. The first-order valence-electron chi connectivity index (χ1n) is 8.91. The molecule has 0 aliphatic carbocycles. The van der Waals surface area contributed by atoms with Gasteiger partial charge in [-0.15, -0.1) is 0 Å². The fourth-order valence-electron chi connectivity index (χ4n) is 3.24. The van der Waals surface area contributed by atoms with Crippen LogP contribution in [0.15, 0.2) is 30.3 Å². The van der Waals surface area contributed by atoms with E-state index in [4.69, 9.17) is 0 Å². The van der Waals surface area contributed by atoms with Crippen molar-refractivity contribution in [1.82, 2.24) is 15.1 Å². The topological polar surface area (TPSA) is 52.7 Å². The van der Waals surface area contributed by atoms with Crippen LogP contribution in [0.25, 0.3) is 0 Å². The molecule has 0 bridgehead atoms. The highest BCUT2D eigenvalue weighted by molar-refractivity contribution is 5.94. The van der Waals surface area contributed by atoms with Crippen molar-refractivity contribution < 1.29 is 9.59 Å². The van der Waals surface area contributed by atoms with Crippen LogP contribution in [0.3, 0.4) is 0 Å². The summed E-state index contributed by atoms with van der Waals surface area (Å²) in [6, 6.07) is 9.58. The number of hydrogen-bond donors (Lipinski definition) is 1. The van der Waals surface area contributed by atoms with Crippen molar-refractivity contribution >= 4 is 11.9 Å².